The van der Waals surface area contributed by atoms with E-state index in [2.05, 4.69) is 6.92 Å². The summed E-state index contributed by atoms with van der Waals surface area (Å²) in [4.78, 5) is 11.0. The minimum absolute atomic E-state index is 0.602. The van der Waals surface area contributed by atoms with Crippen molar-refractivity contribution >= 4 is 5.97 Å². The van der Waals surface area contributed by atoms with Gasteiger partial charge in [0.05, 0.1) is 0 Å². The number of carboxylic acid groups (broad SMARTS) is 1. The second-order valence-electron chi connectivity index (χ2n) is 5.37. The number of hydrogen-bond acceptors (Lipinski definition) is 2. The molecule has 0 saturated carbocycles. The first-order valence-corrected chi connectivity index (χ1v) is 6.97. The maximum atomic E-state index is 11.0. The van der Waals surface area contributed by atoms with Crippen molar-refractivity contribution in [3.05, 3.63) is 29.8 Å². The summed E-state index contributed by atoms with van der Waals surface area (Å²) in [6, 6.07) is 7.72. The summed E-state index contributed by atoms with van der Waals surface area (Å²) in [5.41, 5.74) is 0.0828. The molecule has 0 unspecified atom stereocenters. The molecule has 0 aromatic heterocycles. The van der Waals surface area contributed by atoms with Crippen molar-refractivity contribution in [3.63, 3.8) is 0 Å². The van der Waals surface area contributed by atoms with E-state index in [1.807, 2.05) is 24.3 Å². The summed E-state index contributed by atoms with van der Waals surface area (Å²) in [6.45, 7) is 5.30. The molecule has 1 aromatic carbocycles. The van der Waals surface area contributed by atoms with Crippen LogP contribution in [0.1, 0.15) is 52.0 Å². The van der Waals surface area contributed by atoms with Crippen LogP contribution in [-0.2, 0) is 11.2 Å². The highest BCUT2D eigenvalue weighted by Crippen LogP contribution is 2.20. The molecular formula is C16H24O3. The molecule has 0 atom stereocenters. The predicted molar refractivity (Wildman–Crippen MR) is 76.6 cm³/mol. The molecule has 1 aromatic rings. The molecule has 1 N–H and O–H groups in total. The average Bonchev–Trinajstić information content (AvgIpc) is 2.36. The van der Waals surface area contributed by atoms with Crippen LogP contribution < -0.4 is 4.74 Å². The summed E-state index contributed by atoms with van der Waals surface area (Å²) in [5, 5.41) is 9.00. The van der Waals surface area contributed by atoms with Crippen molar-refractivity contribution in [3.8, 4) is 5.75 Å². The smallest absolute Gasteiger partial charge is 0.347 e. The lowest BCUT2D eigenvalue weighted by molar-refractivity contribution is -0.152. The van der Waals surface area contributed by atoms with Gasteiger partial charge in [-0.2, -0.15) is 0 Å². The summed E-state index contributed by atoms with van der Waals surface area (Å²) in [6.07, 6.45) is 6.07. The minimum atomic E-state index is -1.19. The molecule has 0 aliphatic heterocycles. The molecule has 19 heavy (non-hydrogen) atoms. The molecule has 0 bridgehead atoms. The number of rotatable bonds is 8. The molecule has 0 fully saturated rings. The van der Waals surface area contributed by atoms with Crippen LogP contribution in [0.5, 0.6) is 5.75 Å². The number of hydrogen-bond donors (Lipinski definition) is 1. The van der Waals surface area contributed by atoms with Crippen LogP contribution in [0, 0.1) is 0 Å². The molecular weight excluding hydrogens is 240 g/mol. The topological polar surface area (TPSA) is 46.5 Å². The molecule has 1 rings (SSSR count). The fraction of sp³-hybridized carbons (Fsp3) is 0.562. The molecule has 3 heteroatoms. The van der Waals surface area contributed by atoms with Crippen LogP contribution in [0.15, 0.2) is 24.3 Å². The van der Waals surface area contributed by atoms with Gasteiger partial charge in [0.1, 0.15) is 5.75 Å². The fourth-order valence-corrected chi connectivity index (χ4v) is 1.82. The van der Waals surface area contributed by atoms with Crippen molar-refractivity contribution in [1.29, 1.82) is 0 Å². The first-order valence-electron chi connectivity index (χ1n) is 6.97. The molecule has 0 radical (unpaired) electrons. The lowest BCUT2D eigenvalue weighted by Gasteiger charge is -2.21. The lowest BCUT2D eigenvalue weighted by Crippen LogP contribution is -2.37. The predicted octanol–water partition coefficient (Wildman–Crippen LogP) is 4.05. The number of ether oxygens (including phenoxy) is 1. The fourth-order valence-electron chi connectivity index (χ4n) is 1.82. The number of benzene rings is 1. The Bertz CT molecular complexity index is 393. The monoisotopic (exact) mass is 264 g/mol. The second kappa shape index (κ2) is 7.17. The van der Waals surface area contributed by atoms with Gasteiger partial charge in [0, 0.05) is 0 Å². The highest BCUT2D eigenvalue weighted by molar-refractivity contribution is 5.76. The van der Waals surface area contributed by atoms with Crippen molar-refractivity contribution in [2.45, 2.75) is 58.5 Å². The Hall–Kier alpha value is -1.51. The molecule has 0 spiro atoms. The third-order valence-electron chi connectivity index (χ3n) is 3.13. The van der Waals surface area contributed by atoms with E-state index < -0.39 is 11.6 Å². The van der Waals surface area contributed by atoms with Crippen LogP contribution in [0.3, 0.4) is 0 Å². The Balaban J connectivity index is 2.50. The zero-order valence-corrected chi connectivity index (χ0v) is 12.1. The zero-order chi connectivity index (χ0) is 14.3. The highest BCUT2D eigenvalue weighted by atomic mass is 16.5. The van der Waals surface area contributed by atoms with Gasteiger partial charge in [0.25, 0.3) is 0 Å². The quantitative estimate of drug-likeness (QED) is 0.720. The van der Waals surface area contributed by atoms with Crippen LogP contribution in [0.4, 0.5) is 0 Å². The Morgan fingerprint density at radius 3 is 2.32 bits per heavy atom. The Morgan fingerprint density at radius 2 is 1.79 bits per heavy atom. The van der Waals surface area contributed by atoms with Gasteiger partial charge < -0.3 is 9.84 Å². The van der Waals surface area contributed by atoms with Crippen LogP contribution in [0.2, 0.25) is 0 Å². The number of unbranched alkanes of at least 4 members (excludes halogenated alkanes) is 3. The number of carbonyl (C=O) groups is 1. The van der Waals surface area contributed by atoms with E-state index >= 15 is 0 Å². The Labute approximate surface area is 115 Å². The van der Waals surface area contributed by atoms with E-state index in [9.17, 15) is 4.79 Å². The third-order valence-corrected chi connectivity index (χ3v) is 3.13. The average molecular weight is 264 g/mol. The second-order valence-corrected chi connectivity index (χ2v) is 5.37. The number of aryl methyl sites for hydroxylation is 1. The lowest BCUT2D eigenvalue weighted by atomic mass is 10.1. The highest BCUT2D eigenvalue weighted by Gasteiger charge is 2.29. The van der Waals surface area contributed by atoms with E-state index in [0.29, 0.717) is 5.75 Å². The van der Waals surface area contributed by atoms with Gasteiger partial charge in [-0.15, -0.1) is 0 Å². The SMILES string of the molecule is CCCCCCc1ccc(OC(C)(C)C(=O)O)cc1. The summed E-state index contributed by atoms with van der Waals surface area (Å²) < 4.78 is 5.46. The largest absolute Gasteiger partial charge is 0.478 e. The van der Waals surface area contributed by atoms with E-state index in [0.717, 1.165) is 6.42 Å². The van der Waals surface area contributed by atoms with Gasteiger partial charge in [0.2, 0.25) is 0 Å². The van der Waals surface area contributed by atoms with Gasteiger partial charge in [-0.05, 0) is 44.4 Å². The van der Waals surface area contributed by atoms with E-state index in [-0.39, 0.29) is 0 Å². The third kappa shape index (κ3) is 5.33. The van der Waals surface area contributed by atoms with Gasteiger partial charge in [-0.1, -0.05) is 38.3 Å². The number of aliphatic carboxylic acids is 1. The minimum Gasteiger partial charge on any atom is -0.478 e. The van der Waals surface area contributed by atoms with Gasteiger partial charge in [0.15, 0.2) is 5.60 Å². The van der Waals surface area contributed by atoms with Crippen molar-refractivity contribution < 1.29 is 14.6 Å². The van der Waals surface area contributed by atoms with E-state index in [1.165, 1.54) is 31.2 Å². The molecule has 0 aliphatic carbocycles. The molecule has 0 aliphatic rings. The molecule has 0 heterocycles. The summed E-state index contributed by atoms with van der Waals surface area (Å²) in [5.74, 6) is -0.360. The van der Waals surface area contributed by atoms with Gasteiger partial charge in [-0.25, -0.2) is 4.79 Å². The van der Waals surface area contributed by atoms with Crippen LogP contribution in [0.25, 0.3) is 0 Å². The zero-order valence-electron chi connectivity index (χ0n) is 12.1. The van der Waals surface area contributed by atoms with Crippen LogP contribution >= 0.6 is 0 Å². The van der Waals surface area contributed by atoms with E-state index in [4.69, 9.17) is 9.84 Å². The summed E-state index contributed by atoms with van der Waals surface area (Å²) >= 11 is 0. The summed E-state index contributed by atoms with van der Waals surface area (Å²) in [7, 11) is 0. The molecule has 106 valence electrons. The van der Waals surface area contributed by atoms with Gasteiger partial charge >= 0.3 is 5.97 Å². The van der Waals surface area contributed by atoms with E-state index in [1.54, 1.807) is 13.8 Å². The van der Waals surface area contributed by atoms with Gasteiger partial charge in [-0.3, -0.25) is 0 Å². The standard InChI is InChI=1S/C16H24O3/c1-4-5-6-7-8-13-9-11-14(12-10-13)19-16(2,3)15(17)18/h9-12H,4-8H2,1-3H3,(H,17,18). The van der Waals surface area contributed by atoms with Crippen molar-refractivity contribution in [1.82, 2.24) is 0 Å². The Morgan fingerprint density at radius 1 is 1.16 bits per heavy atom. The molecule has 0 saturated heterocycles. The molecule has 3 nitrogen and oxygen atoms in total. The van der Waals surface area contributed by atoms with Crippen molar-refractivity contribution in [2.75, 3.05) is 0 Å². The maximum Gasteiger partial charge on any atom is 0.347 e. The first-order chi connectivity index (χ1) is 8.95. The molecule has 0 amide bonds. The first kappa shape index (κ1) is 15.5. The van der Waals surface area contributed by atoms with Crippen LogP contribution in [-0.4, -0.2) is 16.7 Å². The normalized spacial score (nSPS) is 11.3. The number of carboxylic acids is 1. The maximum absolute atomic E-state index is 11.0. The van der Waals surface area contributed by atoms with Crippen molar-refractivity contribution in [2.24, 2.45) is 0 Å². The Kier molecular flexibility index (Phi) is 5.87.